The third-order valence-corrected chi connectivity index (χ3v) is 21.0. The van der Waals surface area contributed by atoms with Crippen molar-refractivity contribution >= 4 is 75.4 Å². The molecule has 0 saturated heterocycles. The van der Waals surface area contributed by atoms with Gasteiger partial charge in [-0.3, -0.25) is 0 Å². The minimum Gasteiger partial charge on any atom is -0.0628 e. The number of hydrogen-bond acceptors (Lipinski definition) is 9. The summed E-state index contributed by atoms with van der Waals surface area (Å²) in [6.45, 7) is 15.9. The summed E-state index contributed by atoms with van der Waals surface area (Å²) in [5.74, 6) is 0.729. The first-order chi connectivity index (χ1) is 30.2. The number of carbonyl (C=O) groups is 3. The molecule has 0 N–H and O–H groups in total. The Hall–Kier alpha value is 0.259. The van der Waals surface area contributed by atoms with Crippen LogP contribution >= 0.6 is 37.9 Å². The van der Waals surface area contributed by atoms with Gasteiger partial charge in [0.05, 0.1) is 0 Å². The molecule has 3 unspecified atom stereocenters. The van der Waals surface area contributed by atoms with Gasteiger partial charge in [-0.15, -0.1) is 0 Å². The van der Waals surface area contributed by atoms with Crippen LogP contribution in [0.4, 0.5) is 0 Å². The summed E-state index contributed by atoms with van der Waals surface area (Å²) in [7, 11) is 0. The Morgan fingerprint density at radius 1 is 0.333 bits per heavy atom. The summed E-state index contributed by atoms with van der Waals surface area (Å²) in [6, 6.07) is 0. The van der Waals surface area contributed by atoms with Crippen LogP contribution in [-0.4, -0.2) is 53.3 Å². The summed E-state index contributed by atoms with van der Waals surface area (Å²) in [5, 5.41) is -2.03. The monoisotopic (exact) mass is 1050 g/mol. The van der Waals surface area contributed by atoms with Crippen LogP contribution in [0.5, 0.6) is 0 Å². The first-order valence-electron chi connectivity index (χ1n) is 27.0. The van der Waals surface area contributed by atoms with Crippen LogP contribution in [0.15, 0.2) is 0 Å². The Kier molecular flexibility index (Phi) is 43.7. The summed E-state index contributed by atoms with van der Waals surface area (Å²) >= 11 is 8.90. The number of unbranched alkanes of at least 4 members (excludes halogenated alkanes) is 26. The molecule has 0 saturated carbocycles. The zero-order valence-corrected chi connectivity index (χ0v) is 48.0. The molecule has 0 aliphatic carbocycles. The van der Waals surface area contributed by atoms with Crippen molar-refractivity contribution in [2.75, 3.05) is 0 Å². The Bertz CT molecular complexity index is 958. The van der Waals surface area contributed by atoms with Gasteiger partial charge in [-0.25, -0.2) is 0 Å². The van der Waals surface area contributed by atoms with Gasteiger partial charge in [-0.05, 0) is 17.8 Å². The van der Waals surface area contributed by atoms with Crippen LogP contribution in [0.25, 0.3) is 0 Å². The fraction of sp³-hybridized carbons (Fsp3) is 0.943. The van der Waals surface area contributed by atoms with E-state index >= 15 is 0 Å². The van der Waals surface area contributed by atoms with Gasteiger partial charge in [0, 0.05) is 0 Å². The maximum absolute atomic E-state index is 13.9. The van der Waals surface area contributed by atoms with E-state index in [0.717, 1.165) is 108 Å². The van der Waals surface area contributed by atoms with E-state index < -0.39 is 53.3 Å². The molecule has 63 heavy (non-hydrogen) atoms. The molecule has 0 heterocycles. The summed E-state index contributed by atoms with van der Waals surface area (Å²) in [5.41, 5.74) is 0. The molecular formula is C53H104O6S3Sn. The van der Waals surface area contributed by atoms with E-state index in [1.165, 1.54) is 116 Å². The topological polar surface area (TPSA) is 78.9 Å². The minimum atomic E-state index is -5.22. The molecule has 0 amide bonds. The van der Waals surface area contributed by atoms with Crippen molar-refractivity contribution in [1.82, 2.24) is 0 Å². The van der Waals surface area contributed by atoms with E-state index in [0.29, 0.717) is 25.7 Å². The SMILES string of the molecule is CCCCCCC[CH2][Sn]([O]C(=O)C(S)CCCCCCCCCCC(C)C)([O]C(=O)C(S)CCCCCCCCCCC(C)C)[O]C(=O)C(S)CCCCCCCCCCC(C)C. The van der Waals surface area contributed by atoms with Crippen molar-refractivity contribution in [3.63, 3.8) is 0 Å². The van der Waals surface area contributed by atoms with Crippen molar-refractivity contribution in [2.45, 2.75) is 300 Å². The van der Waals surface area contributed by atoms with E-state index in [9.17, 15) is 14.4 Å². The van der Waals surface area contributed by atoms with Crippen molar-refractivity contribution in [3.05, 3.63) is 0 Å². The van der Waals surface area contributed by atoms with Gasteiger partial charge in [0.15, 0.2) is 0 Å². The van der Waals surface area contributed by atoms with Gasteiger partial charge < -0.3 is 0 Å². The Balaban J connectivity index is 5.59. The van der Waals surface area contributed by atoms with Gasteiger partial charge in [-0.1, -0.05) is 60.8 Å². The summed E-state index contributed by atoms with van der Waals surface area (Å²) in [4.78, 5) is 41.6. The molecule has 0 aromatic carbocycles. The number of hydrogen-bond donors (Lipinski definition) is 3. The van der Waals surface area contributed by atoms with Gasteiger partial charge in [0.25, 0.3) is 0 Å². The molecule has 374 valence electrons. The van der Waals surface area contributed by atoms with E-state index in [2.05, 4.69) is 48.5 Å². The smallest absolute Gasteiger partial charge is 0.0628 e. The Labute approximate surface area is 413 Å². The second-order valence-corrected chi connectivity index (χ2v) is 29.4. The molecule has 0 aliphatic heterocycles. The van der Waals surface area contributed by atoms with Gasteiger partial charge in [-0.2, -0.15) is 0 Å². The third kappa shape index (κ3) is 39.9. The number of rotatable bonds is 46. The zero-order valence-electron chi connectivity index (χ0n) is 42.4. The Morgan fingerprint density at radius 3 is 0.778 bits per heavy atom. The normalized spacial score (nSPS) is 14.2. The average Bonchev–Trinajstić information content (AvgIpc) is 3.23. The number of thiol groups is 3. The quantitative estimate of drug-likeness (QED) is 0.0320. The Morgan fingerprint density at radius 2 is 0.540 bits per heavy atom. The van der Waals surface area contributed by atoms with Gasteiger partial charge in [0.1, 0.15) is 0 Å². The molecule has 0 fully saturated rings. The van der Waals surface area contributed by atoms with Crippen molar-refractivity contribution in [3.8, 4) is 0 Å². The van der Waals surface area contributed by atoms with Crippen LogP contribution in [-0.2, 0) is 23.6 Å². The van der Waals surface area contributed by atoms with Crippen molar-refractivity contribution in [2.24, 2.45) is 17.8 Å². The maximum atomic E-state index is 13.9. The second kappa shape index (κ2) is 43.5. The average molecular weight is 1050 g/mol. The van der Waals surface area contributed by atoms with Crippen molar-refractivity contribution < 1.29 is 23.6 Å². The molecule has 0 rings (SSSR count). The molecular weight excluding hydrogens is 947 g/mol. The molecule has 10 heteroatoms. The molecule has 0 aliphatic rings. The van der Waals surface area contributed by atoms with E-state index in [1.54, 1.807) is 0 Å². The van der Waals surface area contributed by atoms with Crippen molar-refractivity contribution in [1.29, 1.82) is 0 Å². The molecule has 0 bridgehead atoms. The minimum absolute atomic E-state index is 0.275. The first kappa shape index (κ1) is 63.3. The van der Waals surface area contributed by atoms with Crippen LogP contribution in [0.3, 0.4) is 0 Å². The van der Waals surface area contributed by atoms with Crippen LogP contribution in [0, 0.1) is 17.8 Å². The van der Waals surface area contributed by atoms with Crippen LogP contribution < -0.4 is 0 Å². The standard InChI is InChI=1S/3C15H30O2S.C8H17.Sn/c3*1-13(2)11-9-7-5-3-4-6-8-10-12-14(18)15(16)17;1-3-5-7-8-6-4-2;/h3*13-14,18H,3-12H2,1-2H3,(H,16,17);1,3-8H2,2H3;/q;;;;+3/p-3. The molecule has 0 aromatic heterocycles. The van der Waals surface area contributed by atoms with Crippen LogP contribution in [0.2, 0.25) is 4.44 Å². The predicted octanol–water partition coefficient (Wildman–Crippen LogP) is 17.5. The zero-order chi connectivity index (χ0) is 47.0. The summed E-state index contributed by atoms with van der Waals surface area (Å²) < 4.78 is 19.1. The van der Waals surface area contributed by atoms with Gasteiger partial charge in [0.2, 0.25) is 0 Å². The fourth-order valence-electron chi connectivity index (χ4n) is 8.21. The van der Waals surface area contributed by atoms with E-state index in [1.807, 2.05) is 0 Å². The predicted molar refractivity (Wildman–Crippen MR) is 284 cm³/mol. The third-order valence-electron chi connectivity index (χ3n) is 12.4. The number of carbonyl (C=O) groups excluding carboxylic acids is 3. The molecule has 0 aromatic rings. The molecule has 6 nitrogen and oxygen atoms in total. The second-order valence-electron chi connectivity index (χ2n) is 20.4. The molecule has 0 radical (unpaired) electrons. The molecule has 3 atom stereocenters. The van der Waals surface area contributed by atoms with E-state index in [4.69, 9.17) is 47.1 Å². The molecule has 0 spiro atoms. The van der Waals surface area contributed by atoms with E-state index in [-0.39, 0.29) is 4.44 Å². The first-order valence-corrected chi connectivity index (χ1v) is 34.0. The van der Waals surface area contributed by atoms with Crippen LogP contribution in [0.1, 0.15) is 280 Å². The fourth-order valence-corrected chi connectivity index (χ4v) is 16.8. The van der Waals surface area contributed by atoms with Gasteiger partial charge >= 0.3 is 338 Å². The summed E-state index contributed by atoms with van der Waals surface area (Å²) in [6.07, 6.45) is 39.9.